The number of ether oxygens (including phenoxy) is 1. The van der Waals surface area contributed by atoms with Gasteiger partial charge < -0.3 is 4.74 Å². The summed E-state index contributed by atoms with van der Waals surface area (Å²) in [5.41, 5.74) is 1.65. The number of likely N-dealkylation sites (tertiary alicyclic amines) is 1. The van der Waals surface area contributed by atoms with Crippen LogP contribution in [0.5, 0.6) is 5.75 Å². The van der Waals surface area contributed by atoms with E-state index < -0.39 is 0 Å². The van der Waals surface area contributed by atoms with Crippen molar-refractivity contribution >= 4 is 5.78 Å². The zero-order valence-electron chi connectivity index (χ0n) is 11.3. The molecule has 1 aromatic rings. The van der Waals surface area contributed by atoms with E-state index in [1.54, 1.807) is 0 Å². The lowest BCUT2D eigenvalue weighted by Gasteiger charge is -2.35. The number of hydrogen-bond acceptors (Lipinski definition) is 3. The molecule has 100 valence electrons. The lowest BCUT2D eigenvalue weighted by Crippen LogP contribution is -2.44. The lowest BCUT2D eigenvalue weighted by atomic mass is 9.89. The zero-order chi connectivity index (χ0) is 13.0. The highest BCUT2D eigenvalue weighted by molar-refractivity contribution is 6.00. The normalized spacial score (nSPS) is 30.5. The largest absolute Gasteiger partial charge is 0.485 e. The van der Waals surface area contributed by atoms with E-state index in [0.717, 1.165) is 42.4 Å². The Balaban J connectivity index is 1.64. The van der Waals surface area contributed by atoms with Crippen LogP contribution in [0, 0.1) is 6.92 Å². The second-order valence-electron chi connectivity index (χ2n) is 6.34. The molecule has 3 heteroatoms. The van der Waals surface area contributed by atoms with Gasteiger partial charge in [-0.05, 0) is 31.9 Å². The molecule has 1 saturated heterocycles. The highest BCUT2D eigenvalue weighted by Gasteiger charge is 2.48. The van der Waals surface area contributed by atoms with Gasteiger partial charge in [0.15, 0.2) is 5.78 Å². The molecule has 4 rings (SSSR count). The fourth-order valence-corrected chi connectivity index (χ4v) is 3.46. The summed E-state index contributed by atoms with van der Waals surface area (Å²) in [4.78, 5) is 14.9. The van der Waals surface area contributed by atoms with Gasteiger partial charge in [0.2, 0.25) is 0 Å². The quantitative estimate of drug-likeness (QED) is 0.774. The number of carbonyl (C=O) groups is 1. The Morgan fingerprint density at radius 3 is 3.00 bits per heavy atom. The maximum Gasteiger partial charge on any atom is 0.170 e. The van der Waals surface area contributed by atoms with Gasteiger partial charge in [0.25, 0.3) is 0 Å². The molecule has 2 aliphatic heterocycles. The molecule has 19 heavy (non-hydrogen) atoms. The van der Waals surface area contributed by atoms with Crippen LogP contribution >= 0.6 is 0 Å². The van der Waals surface area contributed by atoms with Crippen molar-refractivity contribution in [3.05, 3.63) is 29.3 Å². The van der Waals surface area contributed by atoms with E-state index in [0.29, 0.717) is 6.42 Å². The number of rotatable bonds is 1. The summed E-state index contributed by atoms with van der Waals surface area (Å²) < 4.78 is 6.25. The van der Waals surface area contributed by atoms with Crippen molar-refractivity contribution in [2.24, 2.45) is 0 Å². The van der Waals surface area contributed by atoms with Crippen molar-refractivity contribution < 1.29 is 9.53 Å². The van der Waals surface area contributed by atoms with E-state index in [4.69, 9.17) is 4.74 Å². The molecular formula is C16H19NO2. The summed E-state index contributed by atoms with van der Waals surface area (Å²) in [6, 6.07) is 6.71. The summed E-state index contributed by atoms with van der Waals surface area (Å²) in [7, 11) is 0. The molecule has 1 atom stereocenters. The number of nitrogens with zero attached hydrogens (tertiary/aromatic N) is 1. The molecule has 0 bridgehead atoms. The van der Waals surface area contributed by atoms with Crippen molar-refractivity contribution in [3.8, 4) is 5.75 Å². The van der Waals surface area contributed by atoms with Crippen LogP contribution in [-0.4, -0.2) is 35.4 Å². The van der Waals surface area contributed by atoms with Crippen LogP contribution in [0.4, 0.5) is 0 Å². The van der Waals surface area contributed by atoms with Gasteiger partial charge in [-0.15, -0.1) is 0 Å². The third kappa shape index (κ3) is 1.88. The number of ketones is 1. The van der Waals surface area contributed by atoms with Gasteiger partial charge >= 0.3 is 0 Å². The van der Waals surface area contributed by atoms with Crippen LogP contribution in [0.3, 0.4) is 0 Å². The molecular weight excluding hydrogens is 238 g/mol. The zero-order valence-corrected chi connectivity index (χ0v) is 11.3. The topological polar surface area (TPSA) is 29.5 Å². The van der Waals surface area contributed by atoms with Crippen LogP contribution in [0.1, 0.15) is 41.6 Å². The van der Waals surface area contributed by atoms with E-state index in [2.05, 4.69) is 4.90 Å². The number of Topliss-reactive ketones (excluding diaryl/α,β-unsaturated/α-hetero) is 1. The Labute approximate surface area is 113 Å². The summed E-state index contributed by atoms with van der Waals surface area (Å²) in [5.74, 6) is 1.04. The average Bonchev–Trinajstić information content (AvgIpc) is 3.15. The molecule has 1 spiro atoms. The Morgan fingerprint density at radius 1 is 1.37 bits per heavy atom. The number of benzene rings is 1. The first-order chi connectivity index (χ1) is 9.15. The highest BCUT2D eigenvalue weighted by atomic mass is 16.5. The van der Waals surface area contributed by atoms with Crippen LogP contribution in [0.15, 0.2) is 18.2 Å². The van der Waals surface area contributed by atoms with E-state index in [1.165, 1.54) is 12.8 Å². The van der Waals surface area contributed by atoms with Crippen LogP contribution < -0.4 is 4.74 Å². The number of carbonyl (C=O) groups excluding carboxylic acids is 1. The molecule has 0 radical (unpaired) electrons. The number of hydrogen-bond donors (Lipinski definition) is 0. The van der Waals surface area contributed by atoms with Crippen molar-refractivity contribution in [3.63, 3.8) is 0 Å². The maximum atomic E-state index is 12.4. The lowest BCUT2D eigenvalue weighted by molar-refractivity contribution is 0.0454. The van der Waals surface area contributed by atoms with Crippen LogP contribution in [-0.2, 0) is 0 Å². The summed E-state index contributed by atoms with van der Waals surface area (Å²) in [5, 5.41) is 0. The molecule has 3 nitrogen and oxygen atoms in total. The molecule has 1 saturated carbocycles. The molecule has 0 N–H and O–H groups in total. The summed E-state index contributed by atoms with van der Waals surface area (Å²) in [6.07, 6.45) is 4.18. The van der Waals surface area contributed by atoms with Crippen LogP contribution in [0.25, 0.3) is 0 Å². The second-order valence-corrected chi connectivity index (χ2v) is 6.34. The van der Waals surface area contributed by atoms with E-state index in [9.17, 15) is 4.79 Å². The molecule has 1 aromatic carbocycles. The van der Waals surface area contributed by atoms with E-state index in [-0.39, 0.29) is 11.4 Å². The minimum Gasteiger partial charge on any atom is -0.485 e. The van der Waals surface area contributed by atoms with Crippen molar-refractivity contribution in [2.75, 3.05) is 13.1 Å². The standard InChI is InChI=1S/C16H19NO2/c1-11-2-5-15-13(8-11)14(18)9-16(19-15)6-7-17(10-16)12-3-4-12/h2,5,8,12H,3-4,6-7,9-10H2,1H3. The first-order valence-electron chi connectivity index (χ1n) is 7.22. The Bertz CT molecular complexity index is 550. The Kier molecular flexibility index (Phi) is 2.31. The summed E-state index contributed by atoms with van der Waals surface area (Å²) in [6.45, 7) is 4.03. The third-order valence-electron chi connectivity index (χ3n) is 4.65. The average molecular weight is 257 g/mol. The van der Waals surface area contributed by atoms with Crippen molar-refractivity contribution in [1.29, 1.82) is 0 Å². The van der Waals surface area contributed by atoms with E-state index >= 15 is 0 Å². The predicted molar refractivity (Wildman–Crippen MR) is 72.7 cm³/mol. The fourth-order valence-electron chi connectivity index (χ4n) is 3.46. The van der Waals surface area contributed by atoms with Gasteiger partial charge in [-0.2, -0.15) is 0 Å². The highest BCUT2D eigenvalue weighted by Crippen LogP contribution is 2.41. The van der Waals surface area contributed by atoms with Crippen molar-refractivity contribution in [2.45, 2.75) is 44.2 Å². The van der Waals surface area contributed by atoms with Gasteiger partial charge in [-0.1, -0.05) is 11.6 Å². The third-order valence-corrected chi connectivity index (χ3v) is 4.65. The van der Waals surface area contributed by atoms with Crippen LogP contribution in [0.2, 0.25) is 0 Å². The van der Waals surface area contributed by atoms with Gasteiger partial charge in [-0.25, -0.2) is 0 Å². The monoisotopic (exact) mass is 257 g/mol. The van der Waals surface area contributed by atoms with Gasteiger partial charge in [0, 0.05) is 25.6 Å². The predicted octanol–water partition coefficient (Wildman–Crippen LogP) is 2.57. The second kappa shape index (κ2) is 3.83. The molecule has 0 amide bonds. The van der Waals surface area contributed by atoms with E-state index in [1.807, 2.05) is 25.1 Å². The van der Waals surface area contributed by atoms with Gasteiger partial charge in [0.05, 0.1) is 12.0 Å². The van der Waals surface area contributed by atoms with Gasteiger partial charge in [0.1, 0.15) is 11.4 Å². The molecule has 2 heterocycles. The summed E-state index contributed by atoms with van der Waals surface area (Å²) >= 11 is 0. The molecule has 1 aliphatic carbocycles. The Hall–Kier alpha value is -1.35. The molecule has 1 unspecified atom stereocenters. The molecule has 3 aliphatic rings. The smallest absolute Gasteiger partial charge is 0.170 e. The minimum absolute atomic E-state index is 0.248. The molecule has 0 aromatic heterocycles. The first-order valence-corrected chi connectivity index (χ1v) is 7.22. The van der Waals surface area contributed by atoms with Gasteiger partial charge in [-0.3, -0.25) is 9.69 Å². The maximum absolute atomic E-state index is 12.4. The minimum atomic E-state index is -0.248. The first kappa shape index (κ1) is 11.5. The number of fused-ring (bicyclic) bond motifs is 1. The Morgan fingerprint density at radius 2 is 2.21 bits per heavy atom. The number of aryl methyl sites for hydroxylation is 1. The molecule has 2 fully saturated rings. The van der Waals surface area contributed by atoms with Crippen molar-refractivity contribution in [1.82, 2.24) is 4.90 Å². The fraction of sp³-hybridized carbons (Fsp3) is 0.562. The SMILES string of the molecule is Cc1ccc2c(c1)C(=O)CC1(CCN(C3CC3)C1)O2.